The monoisotopic (exact) mass is 432 g/mol. The predicted octanol–water partition coefficient (Wildman–Crippen LogP) is 5.40. The SMILES string of the molecule is CC.CC(C)C(=O)C1CCCCC1.CC(N)=O.NC(=O)CCCOC1CCCCC1.[HH].[HH]. The zero-order chi connectivity index (χ0) is 23.4. The van der Waals surface area contributed by atoms with Gasteiger partial charge in [0.2, 0.25) is 11.8 Å². The summed E-state index contributed by atoms with van der Waals surface area (Å²) in [6, 6.07) is 0. The molecule has 0 saturated heterocycles. The molecule has 0 atom stereocenters. The molecule has 2 saturated carbocycles. The average Bonchev–Trinajstić information content (AvgIpc) is 2.73. The van der Waals surface area contributed by atoms with Gasteiger partial charge < -0.3 is 16.2 Å². The standard InChI is InChI=1S/C10H19NO2.C10H18O.C2H5NO.C2H6.2H2/c11-10(12)7-4-8-13-9-5-2-1-3-6-9;1-8(2)10(11)9-6-4-3-5-7-9;1-2(3)4;1-2;;/h9H,1-8H2,(H2,11,12);8-9H,3-7H2,1-2H3;1H3,(H2,3,4);1-2H3;2*1H. The van der Waals surface area contributed by atoms with Crippen molar-refractivity contribution in [3.63, 3.8) is 0 Å². The molecule has 182 valence electrons. The van der Waals surface area contributed by atoms with Crippen LogP contribution in [0.3, 0.4) is 0 Å². The van der Waals surface area contributed by atoms with Crippen molar-refractivity contribution in [1.29, 1.82) is 0 Å². The number of hydrogen-bond donors (Lipinski definition) is 2. The van der Waals surface area contributed by atoms with Gasteiger partial charge in [0.1, 0.15) is 5.78 Å². The van der Waals surface area contributed by atoms with Gasteiger partial charge in [0.15, 0.2) is 0 Å². The number of nitrogens with two attached hydrogens (primary N) is 2. The van der Waals surface area contributed by atoms with Crippen LogP contribution in [0.2, 0.25) is 0 Å². The van der Waals surface area contributed by atoms with E-state index in [1.54, 1.807) is 0 Å². The lowest BCUT2D eigenvalue weighted by Crippen LogP contribution is -2.21. The fraction of sp³-hybridized carbons (Fsp3) is 0.875. The molecule has 6 heteroatoms. The third kappa shape index (κ3) is 19.9. The van der Waals surface area contributed by atoms with Crippen molar-refractivity contribution in [2.24, 2.45) is 23.3 Å². The van der Waals surface area contributed by atoms with Crippen LogP contribution in [0.25, 0.3) is 0 Å². The minimum absolute atomic E-state index is 0. The van der Waals surface area contributed by atoms with E-state index < -0.39 is 0 Å². The summed E-state index contributed by atoms with van der Waals surface area (Å²) in [4.78, 5) is 31.1. The van der Waals surface area contributed by atoms with Crippen LogP contribution < -0.4 is 11.5 Å². The molecule has 4 N–H and O–H groups in total. The topological polar surface area (TPSA) is 112 Å². The number of carbonyl (C=O) groups is 3. The van der Waals surface area contributed by atoms with Crippen molar-refractivity contribution in [2.45, 2.75) is 118 Å². The number of Topliss-reactive ketones (excluding diaryl/α,β-unsaturated/α-hetero) is 1. The number of primary amides is 2. The van der Waals surface area contributed by atoms with Crippen molar-refractivity contribution >= 4 is 17.6 Å². The van der Waals surface area contributed by atoms with Gasteiger partial charge in [-0.2, -0.15) is 0 Å². The molecular weight excluding hydrogens is 380 g/mol. The molecule has 0 aliphatic heterocycles. The van der Waals surface area contributed by atoms with Gasteiger partial charge in [-0.1, -0.05) is 66.2 Å². The Hall–Kier alpha value is -1.43. The van der Waals surface area contributed by atoms with E-state index in [2.05, 4.69) is 5.73 Å². The molecule has 2 amide bonds. The Morgan fingerprint density at radius 2 is 1.33 bits per heavy atom. The fourth-order valence-electron chi connectivity index (χ4n) is 3.59. The highest BCUT2D eigenvalue weighted by Gasteiger charge is 2.22. The van der Waals surface area contributed by atoms with Crippen LogP contribution in [0.15, 0.2) is 0 Å². The summed E-state index contributed by atoms with van der Waals surface area (Å²) in [6.07, 6.45) is 14.2. The number of ketones is 1. The van der Waals surface area contributed by atoms with Crippen LogP contribution in [-0.2, 0) is 19.1 Å². The first-order chi connectivity index (χ1) is 14.2. The number of amides is 2. The summed E-state index contributed by atoms with van der Waals surface area (Å²) in [5.41, 5.74) is 9.49. The normalized spacial score (nSPS) is 16.7. The van der Waals surface area contributed by atoms with Crippen LogP contribution in [-0.4, -0.2) is 30.3 Å². The van der Waals surface area contributed by atoms with Gasteiger partial charge in [-0.3, -0.25) is 14.4 Å². The molecule has 2 rings (SSSR count). The van der Waals surface area contributed by atoms with E-state index in [0.29, 0.717) is 30.8 Å². The minimum Gasteiger partial charge on any atom is -0.378 e. The molecular formula is C24H52N2O4. The van der Waals surface area contributed by atoms with Crippen molar-refractivity contribution in [3.05, 3.63) is 0 Å². The third-order valence-corrected chi connectivity index (χ3v) is 5.05. The van der Waals surface area contributed by atoms with E-state index in [1.807, 2.05) is 27.7 Å². The van der Waals surface area contributed by atoms with Crippen LogP contribution in [0.1, 0.15) is 115 Å². The minimum atomic E-state index is -0.333. The van der Waals surface area contributed by atoms with Gasteiger partial charge in [0, 0.05) is 34.6 Å². The first kappa shape index (κ1) is 30.8. The van der Waals surface area contributed by atoms with E-state index in [1.165, 1.54) is 58.3 Å². The number of rotatable bonds is 7. The van der Waals surface area contributed by atoms with Crippen molar-refractivity contribution < 1.29 is 22.0 Å². The number of carbonyl (C=O) groups excluding carboxylic acids is 3. The Kier molecular flexibility index (Phi) is 21.4. The highest BCUT2D eigenvalue weighted by molar-refractivity contribution is 5.82. The lowest BCUT2D eigenvalue weighted by atomic mass is 9.83. The molecule has 0 aromatic heterocycles. The quantitative estimate of drug-likeness (QED) is 0.524. The molecule has 2 fully saturated rings. The van der Waals surface area contributed by atoms with E-state index in [-0.39, 0.29) is 20.6 Å². The van der Waals surface area contributed by atoms with Crippen LogP contribution >= 0.6 is 0 Å². The summed E-state index contributed by atoms with van der Waals surface area (Å²) in [5, 5.41) is 0. The lowest BCUT2D eigenvalue weighted by Gasteiger charge is -2.21. The van der Waals surface area contributed by atoms with Crippen LogP contribution in [0.5, 0.6) is 0 Å². The molecule has 2 aliphatic carbocycles. The second-order valence-corrected chi connectivity index (χ2v) is 8.20. The zero-order valence-electron chi connectivity index (χ0n) is 20.2. The summed E-state index contributed by atoms with van der Waals surface area (Å²) in [7, 11) is 0. The van der Waals surface area contributed by atoms with Crippen molar-refractivity contribution in [2.75, 3.05) is 6.61 Å². The molecule has 0 unspecified atom stereocenters. The summed E-state index contributed by atoms with van der Waals surface area (Å²) < 4.78 is 5.63. The molecule has 2 aliphatic rings. The Balaban J connectivity index is -0.000000189. The van der Waals surface area contributed by atoms with Crippen molar-refractivity contribution in [3.8, 4) is 0 Å². The molecule has 0 aromatic rings. The molecule has 0 spiro atoms. The second kappa shape index (κ2) is 20.8. The second-order valence-electron chi connectivity index (χ2n) is 8.20. The smallest absolute Gasteiger partial charge is 0.217 e. The van der Waals surface area contributed by atoms with Gasteiger partial charge in [-0.25, -0.2) is 0 Å². The van der Waals surface area contributed by atoms with E-state index in [4.69, 9.17) is 10.5 Å². The maximum atomic E-state index is 11.5. The molecule has 6 nitrogen and oxygen atoms in total. The molecule has 0 bridgehead atoms. The van der Waals surface area contributed by atoms with Gasteiger partial charge in [-0.05, 0) is 32.1 Å². The highest BCUT2D eigenvalue weighted by Crippen LogP contribution is 2.26. The maximum Gasteiger partial charge on any atom is 0.217 e. The Bertz CT molecular complexity index is 447. The summed E-state index contributed by atoms with van der Waals surface area (Å²) in [6.45, 7) is 10.0. The van der Waals surface area contributed by atoms with Gasteiger partial charge >= 0.3 is 0 Å². The zero-order valence-corrected chi connectivity index (χ0v) is 20.2. The lowest BCUT2D eigenvalue weighted by molar-refractivity contribution is -0.126. The Morgan fingerprint density at radius 3 is 1.73 bits per heavy atom. The van der Waals surface area contributed by atoms with Gasteiger partial charge in [0.25, 0.3) is 0 Å². The molecule has 0 aromatic carbocycles. The van der Waals surface area contributed by atoms with Crippen molar-refractivity contribution in [1.82, 2.24) is 0 Å². The van der Waals surface area contributed by atoms with E-state index in [9.17, 15) is 14.4 Å². The molecule has 0 heterocycles. The largest absolute Gasteiger partial charge is 0.378 e. The first-order valence-electron chi connectivity index (χ1n) is 11.9. The van der Waals surface area contributed by atoms with Gasteiger partial charge in [-0.15, -0.1) is 0 Å². The Labute approximate surface area is 187 Å². The maximum absolute atomic E-state index is 11.5. The Morgan fingerprint density at radius 1 is 0.900 bits per heavy atom. The predicted molar refractivity (Wildman–Crippen MR) is 128 cm³/mol. The first-order valence-corrected chi connectivity index (χ1v) is 11.9. The van der Waals surface area contributed by atoms with E-state index >= 15 is 0 Å². The van der Waals surface area contributed by atoms with E-state index in [0.717, 1.165) is 19.3 Å². The summed E-state index contributed by atoms with van der Waals surface area (Å²) in [5.74, 6) is 0.582. The number of ether oxygens (including phenoxy) is 1. The molecule has 30 heavy (non-hydrogen) atoms. The average molecular weight is 433 g/mol. The van der Waals surface area contributed by atoms with Crippen LogP contribution in [0, 0.1) is 11.8 Å². The number of hydrogen-bond acceptors (Lipinski definition) is 4. The molecule has 0 radical (unpaired) electrons. The summed E-state index contributed by atoms with van der Waals surface area (Å²) >= 11 is 0. The fourth-order valence-corrected chi connectivity index (χ4v) is 3.59. The third-order valence-electron chi connectivity index (χ3n) is 5.05. The highest BCUT2D eigenvalue weighted by atomic mass is 16.5. The van der Waals surface area contributed by atoms with Gasteiger partial charge in [0.05, 0.1) is 6.10 Å². The van der Waals surface area contributed by atoms with Crippen LogP contribution in [0.4, 0.5) is 0 Å².